The van der Waals surface area contributed by atoms with Crippen molar-refractivity contribution in [3.05, 3.63) is 12.2 Å². The zero-order chi connectivity index (χ0) is 41.0. The van der Waals surface area contributed by atoms with Crippen LogP contribution in [0.4, 0.5) is 0 Å². The van der Waals surface area contributed by atoms with Crippen LogP contribution in [0.1, 0.15) is 264 Å². The van der Waals surface area contributed by atoms with Crippen molar-refractivity contribution in [3.63, 3.8) is 0 Å². The molecule has 7 heteroatoms. The largest absolute Gasteiger partial charge is 0.480 e. The fourth-order valence-corrected chi connectivity index (χ4v) is 7.60. The van der Waals surface area contributed by atoms with Gasteiger partial charge in [0.1, 0.15) is 12.1 Å². The number of carboxylic acid groups (broad SMARTS) is 1. The molecule has 4 N–H and O–H groups in total. The molecule has 0 aliphatic heterocycles. The van der Waals surface area contributed by atoms with E-state index in [1.807, 2.05) is 0 Å². The smallest absolute Gasteiger partial charge is 0.326 e. The zero-order valence-corrected chi connectivity index (χ0v) is 37.3. The van der Waals surface area contributed by atoms with Gasteiger partial charge >= 0.3 is 11.9 Å². The molecule has 0 aliphatic rings. The summed E-state index contributed by atoms with van der Waals surface area (Å²) in [4.78, 5) is 36.3. The minimum atomic E-state index is -1.00. The molecule has 2 atom stereocenters. The van der Waals surface area contributed by atoms with Gasteiger partial charge in [0.05, 0.1) is 0 Å². The second-order valence-electron chi connectivity index (χ2n) is 16.9. The summed E-state index contributed by atoms with van der Waals surface area (Å²) in [5, 5.41) is 11.9. The first-order valence-electron chi connectivity index (χ1n) is 24.5. The van der Waals surface area contributed by atoms with Crippen molar-refractivity contribution in [1.82, 2.24) is 5.32 Å². The molecule has 0 aromatic carbocycles. The third-order valence-corrected chi connectivity index (χ3v) is 11.3. The summed E-state index contributed by atoms with van der Waals surface area (Å²) in [6, 6.07) is -0.851. The van der Waals surface area contributed by atoms with E-state index in [4.69, 9.17) is 10.5 Å². The van der Waals surface area contributed by atoms with E-state index in [9.17, 15) is 19.5 Å². The van der Waals surface area contributed by atoms with E-state index in [1.165, 1.54) is 161 Å². The fourth-order valence-electron chi connectivity index (χ4n) is 7.60. The van der Waals surface area contributed by atoms with Gasteiger partial charge < -0.3 is 20.9 Å². The average Bonchev–Trinajstić information content (AvgIpc) is 3.18. The van der Waals surface area contributed by atoms with E-state index in [0.717, 1.165) is 64.2 Å². The van der Waals surface area contributed by atoms with Crippen molar-refractivity contribution < 1.29 is 24.2 Å². The molecule has 56 heavy (non-hydrogen) atoms. The molecule has 7 nitrogen and oxygen atoms in total. The first-order valence-corrected chi connectivity index (χ1v) is 24.5. The maximum atomic E-state index is 12.8. The highest BCUT2D eigenvalue weighted by Crippen LogP contribution is 2.18. The second-order valence-corrected chi connectivity index (χ2v) is 16.9. The van der Waals surface area contributed by atoms with Crippen LogP contribution in [0.5, 0.6) is 0 Å². The van der Waals surface area contributed by atoms with E-state index < -0.39 is 12.0 Å². The lowest BCUT2D eigenvalue weighted by Crippen LogP contribution is -2.40. The molecule has 0 heterocycles. The molecule has 0 saturated heterocycles. The Morgan fingerprint density at radius 3 is 1.34 bits per heavy atom. The Morgan fingerprint density at radius 1 is 0.518 bits per heavy atom. The summed E-state index contributed by atoms with van der Waals surface area (Å²) < 4.78 is 5.98. The van der Waals surface area contributed by atoms with E-state index in [0.29, 0.717) is 32.2 Å². The lowest BCUT2D eigenvalue weighted by atomic mass is 10.0. The van der Waals surface area contributed by atoms with Gasteiger partial charge in [-0.25, -0.2) is 4.79 Å². The van der Waals surface area contributed by atoms with Crippen LogP contribution in [0.2, 0.25) is 0 Å². The van der Waals surface area contributed by atoms with Gasteiger partial charge in [0.25, 0.3) is 0 Å². The Kier molecular flexibility index (Phi) is 42.7. The van der Waals surface area contributed by atoms with Crippen LogP contribution in [0.3, 0.4) is 0 Å². The van der Waals surface area contributed by atoms with Gasteiger partial charge in [-0.3, -0.25) is 9.59 Å². The van der Waals surface area contributed by atoms with Gasteiger partial charge in [0.15, 0.2) is 0 Å². The molecular weight excluding hydrogens is 697 g/mol. The molecule has 0 spiro atoms. The first kappa shape index (κ1) is 54.1. The summed E-state index contributed by atoms with van der Waals surface area (Å²) in [6.07, 6.45) is 50.1. The number of hydrogen-bond acceptors (Lipinski definition) is 5. The number of nitrogens with one attached hydrogen (secondary N) is 1. The normalized spacial score (nSPS) is 12.6. The third-order valence-electron chi connectivity index (χ3n) is 11.3. The predicted octanol–water partition coefficient (Wildman–Crippen LogP) is 14.2. The number of esters is 1. The number of allylic oxidation sites excluding steroid dienone is 1. The van der Waals surface area contributed by atoms with Crippen LogP contribution in [-0.4, -0.2) is 41.6 Å². The summed E-state index contributed by atoms with van der Waals surface area (Å²) in [7, 11) is 0. The molecule has 0 saturated carbocycles. The van der Waals surface area contributed by atoms with Crippen LogP contribution in [0.15, 0.2) is 12.2 Å². The predicted molar refractivity (Wildman–Crippen MR) is 239 cm³/mol. The van der Waals surface area contributed by atoms with Crippen LogP contribution in [-0.2, 0) is 19.1 Å². The van der Waals surface area contributed by atoms with Crippen molar-refractivity contribution in [2.75, 3.05) is 6.54 Å². The molecular formula is C49H94N2O5. The Bertz CT molecular complexity index is 894. The lowest BCUT2D eigenvalue weighted by molar-refractivity contribution is -0.147. The molecule has 0 aromatic heterocycles. The molecule has 1 amide bonds. The number of ether oxygens (including phenoxy) is 1. The number of amides is 1. The highest BCUT2D eigenvalue weighted by atomic mass is 16.5. The minimum Gasteiger partial charge on any atom is -0.480 e. The molecule has 0 aromatic rings. The van der Waals surface area contributed by atoms with Crippen LogP contribution in [0.25, 0.3) is 0 Å². The lowest BCUT2D eigenvalue weighted by Gasteiger charge is -2.15. The summed E-state index contributed by atoms with van der Waals surface area (Å²) >= 11 is 0. The number of unbranched alkanes of at least 4 members (excludes halogenated alkanes) is 31. The Hall–Kier alpha value is -1.89. The average molecular weight is 791 g/mol. The number of carbonyl (C=O) groups is 3. The monoisotopic (exact) mass is 791 g/mol. The maximum Gasteiger partial charge on any atom is 0.326 e. The van der Waals surface area contributed by atoms with Crippen molar-refractivity contribution in [1.29, 1.82) is 0 Å². The minimum absolute atomic E-state index is 0.0524. The van der Waals surface area contributed by atoms with E-state index in [1.54, 1.807) is 0 Å². The maximum absolute atomic E-state index is 12.8. The van der Waals surface area contributed by atoms with Gasteiger partial charge in [0.2, 0.25) is 5.91 Å². The molecule has 0 bridgehead atoms. The SMILES string of the molecule is CCCCCCCC/C=C\C(CCCCCCCCC(=O)NC(CCCN)C(=O)O)OC(=O)CCCCCCCCCCCCCCCCCCCCCCC. The standard InChI is InChI=1S/C49H94N2O5/c1-3-5-7-9-11-13-14-15-16-17-18-19-20-21-22-23-24-25-27-33-37-43-48(53)56-45(39-34-30-26-12-10-8-6-4-2)40-35-31-28-29-32-36-42-47(52)51-46(49(54)55)41-38-44-50/h34,39,45-46H,3-33,35-38,40-44,50H2,1-2H3,(H,51,52)(H,54,55)/b39-34-. The Balaban J connectivity index is 4.07. The van der Waals surface area contributed by atoms with Gasteiger partial charge in [-0.2, -0.15) is 0 Å². The second kappa shape index (κ2) is 44.2. The number of hydrogen-bond donors (Lipinski definition) is 3. The van der Waals surface area contributed by atoms with Crippen LogP contribution in [0, 0.1) is 0 Å². The van der Waals surface area contributed by atoms with Crippen molar-refractivity contribution in [2.45, 2.75) is 276 Å². The van der Waals surface area contributed by atoms with Crippen LogP contribution >= 0.6 is 0 Å². The van der Waals surface area contributed by atoms with E-state index in [2.05, 4.69) is 31.3 Å². The van der Waals surface area contributed by atoms with E-state index >= 15 is 0 Å². The first-order chi connectivity index (χ1) is 27.4. The third kappa shape index (κ3) is 40.3. The Morgan fingerprint density at radius 2 is 0.911 bits per heavy atom. The number of rotatable bonds is 45. The van der Waals surface area contributed by atoms with Gasteiger partial charge in [-0.15, -0.1) is 0 Å². The molecule has 0 rings (SSSR count). The van der Waals surface area contributed by atoms with Crippen molar-refractivity contribution >= 4 is 17.8 Å². The number of nitrogens with two attached hydrogens (primary N) is 1. The zero-order valence-electron chi connectivity index (χ0n) is 37.3. The highest BCUT2D eigenvalue weighted by Gasteiger charge is 2.19. The van der Waals surface area contributed by atoms with Crippen LogP contribution < -0.4 is 11.1 Å². The quantitative estimate of drug-likeness (QED) is 0.0321. The summed E-state index contributed by atoms with van der Waals surface area (Å²) in [6.45, 7) is 4.96. The number of aliphatic carboxylic acids is 1. The molecule has 2 unspecified atom stereocenters. The van der Waals surface area contributed by atoms with Gasteiger partial charge in [-0.1, -0.05) is 206 Å². The number of carboxylic acids is 1. The highest BCUT2D eigenvalue weighted by molar-refractivity contribution is 5.83. The van der Waals surface area contributed by atoms with Crippen molar-refractivity contribution in [3.8, 4) is 0 Å². The summed E-state index contributed by atoms with van der Waals surface area (Å²) in [5.41, 5.74) is 5.48. The molecule has 330 valence electrons. The molecule has 0 aliphatic carbocycles. The van der Waals surface area contributed by atoms with Crippen molar-refractivity contribution in [2.24, 2.45) is 5.73 Å². The van der Waals surface area contributed by atoms with Gasteiger partial charge in [0, 0.05) is 12.8 Å². The number of carbonyl (C=O) groups excluding carboxylic acids is 2. The topological polar surface area (TPSA) is 119 Å². The fraction of sp³-hybridized carbons (Fsp3) is 0.898. The van der Waals surface area contributed by atoms with Gasteiger partial charge in [-0.05, 0) is 64.0 Å². The molecule has 0 fully saturated rings. The Labute approximate surface area is 347 Å². The van der Waals surface area contributed by atoms with E-state index in [-0.39, 0.29) is 18.0 Å². The summed E-state index contributed by atoms with van der Waals surface area (Å²) in [5.74, 6) is -1.25. The molecule has 0 radical (unpaired) electrons.